The topological polar surface area (TPSA) is 17.0 Å². The van der Waals surface area contributed by atoms with E-state index in [0.717, 1.165) is 25.1 Å². The summed E-state index contributed by atoms with van der Waals surface area (Å²) in [5.41, 5.74) is 3.61. The summed E-state index contributed by atoms with van der Waals surface area (Å²) in [6.45, 7) is 6.02. The van der Waals surface area contributed by atoms with Crippen molar-refractivity contribution in [3.63, 3.8) is 0 Å². The van der Waals surface area contributed by atoms with E-state index in [1.54, 1.807) is 6.07 Å². The van der Waals surface area contributed by atoms with Gasteiger partial charge in [-0.15, -0.1) is 0 Å². The number of benzene rings is 2. The van der Waals surface area contributed by atoms with E-state index in [0.29, 0.717) is 16.1 Å². The molecular weight excluding hydrogens is 339 g/mol. The third kappa shape index (κ3) is 3.77. The molecule has 0 saturated carbocycles. The van der Waals surface area contributed by atoms with Gasteiger partial charge in [0.05, 0.1) is 0 Å². The lowest BCUT2D eigenvalue weighted by molar-refractivity contribution is 0.535. The lowest BCUT2D eigenvalue weighted by Crippen LogP contribution is -2.24. The molecule has 1 heterocycles. The second-order valence-corrected chi connectivity index (χ2v) is 7.07. The fourth-order valence-corrected chi connectivity index (χ4v) is 3.32. The molecule has 2 aromatic carbocycles. The van der Waals surface area contributed by atoms with Crippen LogP contribution < -0.4 is 5.32 Å². The van der Waals surface area contributed by atoms with E-state index in [2.05, 4.69) is 54.2 Å². The lowest BCUT2D eigenvalue weighted by Gasteiger charge is -2.10. The molecule has 0 fully saturated rings. The normalized spacial score (nSPS) is 12.7. The highest BCUT2D eigenvalue weighted by Gasteiger charge is 2.10. The second-order valence-electron chi connectivity index (χ2n) is 6.23. The van der Waals surface area contributed by atoms with Crippen LogP contribution in [0, 0.1) is 0 Å². The maximum atomic E-state index is 6.35. The van der Waals surface area contributed by atoms with Crippen LogP contribution in [0.4, 0.5) is 0 Å². The Bertz CT molecular complexity index is 839. The number of fused-ring (bicyclic) bond motifs is 1. The van der Waals surface area contributed by atoms with E-state index in [9.17, 15) is 0 Å². The van der Waals surface area contributed by atoms with Gasteiger partial charge in [-0.1, -0.05) is 54.4 Å². The maximum Gasteiger partial charge on any atom is 0.0491 e. The highest BCUT2D eigenvalue weighted by molar-refractivity contribution is 6.35. The maximum absolute atomic E-state index is 6.35. The molecule has 0 amide bonds. The quantitative estimate of drug-likeness (QED) is 0.580. The molecule has 126 valence electrons. The molecule has 0 aliphatic rings. The van der Waals surface area contributed by atoms with Crippen LogP contribution >= 0.6 is 23.2 Å². The van der Waals surface area contributed by atoms with Crippen molar-refractivity contribution in [3.8, 4) is 0 Å². The van der Waals surface area contributed by atoms with Crippen LogP contribution in [0.2, 0.25) is 10.0 Å². The number of hydrogen-bond donors (Lipinski definition) is 1. The summed E-state index contributed by atoms with van der Waals surface area (Å²) in [6.07, 6.45) is 3.35. The number of para-hydroxylation sites is 1. The van der Waals surface area contributed by atoms with Gasteiger partial charge in [0.25, 0.3) is 0 Å². The van der Waals surface area contributed by atoms with Crippen molar-refractivity contribution in [2.75, 3.05) is 0 Å². The zero-order chi connectivity index (χ0) is 17.1. The Morgan fingerprint density at radius 2 is 1.88 bits per heavy atom. The second kappa shape index (κ2) is 7.60. The summed E-state index contributed by atoms with van der Waals surface area (Å²) < 4.78 is 2.26. The van der Waals surface area contributed by atoms with Gasteiger partial charge in [0, 0.05) is 46.3 Å². The van der Waals surface area contributed by atoms with Crippen molar-refractivity contribution >= 4 is 34.1 Å². The molecule has 1 atom stereocenters. The fraction of sp³-hybridized carbons (Fsp3) is 0.300. The Morgan fingerprint density at radius 3 is 2.62 bits per heavy atom. The molecule has 3 aromatic rings. The minimum Gasteiger partial charge on any atom is -0.343 e. The number of rotatable bonds is 6. The first-order valence-corrected chi connectivity index (χ1v) is 9.08. The predicted molar refractivity (Wildman–Crippen MR) is 104 cm³/mol. The molecule has 0 spiro atoms. The van der Waals surface area contributed by atoms with Crippen LogP contribution in [-0.4, -0.2) is 10.6 Å². The average molecular weight is 361 g/mol. The molecule has 0 bridgehead atoms. The van der Waals surface area contributed by atoms with Crippen LogP contribution in [0.1, 0.15) is 31.4 Å². The van der Waals surface area contributed by atoms with E-state index in [4.69, 9.17) is 23.2 Å². The molecular formula is C20H22Cl2N2. The van der Waals surface area contributed by atoms with Gasteiger partial charge in [-0.2, -0.15) is 0 Å². The molecule has 0 saturated heterocycles. The first kappa shape index (κ1) is 17.3. The van der Waals surface area contributed by atoms with Gasteiger partial charge in [0.15, 0.2) is 0 Å². The van der Waals surface area contributed by atoms with E-state index in [1.807, 2.05) is 12.1 Å². The molecule has 1 aromatic heterocycles. The molecule has 1 N–H and O–H groups in total. The molecule has 3 rings (SSSR count). The number of nitrogens with zero attached hydrogens (tertiary/aromatic N) is 1. The van der Waals surface area contributed by atoms with E-state index in [-0.39, 0.29) is 0 Å². The summed E-state index contributed by atoms with van der Waals surface area (Å²) in [5.74, 6) is 0. The van der Waals surface area contributed by atoms with Crippen molar-refractivity contribution in [2.24, 2.45) is 0 Å². The van der Waals surface area contributed by atoms with Crippen LogP contribution in [0.15, 0.2) is 48.7 Å². The Kier molecular flexibility index (Phi) is 5.50. The third-order valence-corrected chi connectivity index (χ3v) is 5.07. The standard InChI is InChI=1S/C20H22Cl2N2/c1-3-14(2)23-11-16-13-24(20-7-5-4-6-18(16)20)12-15-8-9-17(21)10-19(15)22/h4-10,13-14,23H,3,11-12H2,1-2H3/t14-/m0/s1. The summed E-state index contributed by atoms with van der Waals surface area (Å²) in [7, 11) is 0. The van der Waals surface area contributed by atoms with Crippen LogP contribution in [0.3, 0.4) is 0 Å². The first-order chi connectivity index (χ1) is 11.6. The van der Waals surface area contributed by atoms with Crippen molar-refractivity contribution in [1.82, 2.24) is 9.88 Å². The minimum atomic E-state index is 0.512. The molecule has 0 unspecified atom stereocenters. The Balaban J connectivity index is 1.93. The van der Waals surface area contributed by atoms with Crippen LogP contribution in [0.5, 0.6) is 0 Å². The minimum absolute atomic E-state index is 0.512. The summed E-state index contributed by atoms with van der Waals surface area (Å²) in [6, 6.07) is 14.7. The molecule has 0 radical (unpaired) electrons. The number of aromatic nitrogens is 1. The lowest BCUT2D eigenvalue weighted by atomic mass is 10.1. The Labute approximate surface area is 153 Å². The van der Waals surface area contributed by atoms with Gasteiger partial charge in [0.1, 0.15) is 0 Å². The predicted octanol–water partition coefficient (Wildman–Crippen LogP) is 5.88. The summed E-state index contributed by atoms with van der Waals surface area (Å²) in [5, 5.41) is 6.24. The van der Waals surface area contributed by atoms with Gasteiger partial charge >= 0.3 is 0 Å². The first-order valence-electron chi connectivity index (χ1n) is 8.32. The fourth-order valence-electron chi connectivity index (χ4n) is 2.86. The molecule has 0 aliphatic carbocycles. The van der Waals surface area contributed by atoms with Crippen molar-refractivity contribution in [1.29, 1.82) is 0 Å². The third-order valence-electron chi connectivity index (χ3n) is 4.48. The SMILES string of the molecule is CC[C@H](C)NCc1cn(Cc2ccc(Cl)cc2Cl)c2ccccc12. The van der Waals surface area contributed by atoms with E-state index >= 15 is 0 Å². The highest BCUT2D eigenvalue weighted by Crippen LogP contribution is 2.26. The molecule has 4 heteroatoms. The van der Waals surface area contributed by atoms with Crippen molar-refractivity contribution in [2.45, 2.75) is 39.4 Å². The van der Waals surface area contributed by atoms with Crippen LogP contribution in [-0.2, 0) is 13.1 Å². The average Bonchev–Trinajstić information content (AvgIpc) is 2.93. The largest absolute Gasteiger partial charge is 0.343 e. The van der Waals surface area contributed by atoms with E-state index < -0.39 is 0 Å². The zero-order valence-corrected chi connectivity index (χ0v) is 15.5. The van der Waals surface area contributed by atoms with E-state index in [1.165, 1.54) is 16.5 Å². The van der Waals surface area contributed by atoms with Gasteiger partial charge in [-0.25, -0.2) is 0 Å². The highest BCUT2D eigenvalue weighted by atomic mass is 35.5. The number of nitrogens with one attached hydrogen (secondary N) is 1. The number of halogens is 2. The van der Waals surface area contributed by atoms with Crippen molar-refractivity contribution in [3.05, 3.63) is 69.8 Å². The summed E-state index contributed by atoms with van der Waals surface area (Å²) >= 11 is 12.4. The Morgan fingerprint density at radius 1 is 1.08 bits per heavy atom. The van der Waals surface area contributed by atoms with Gasteiger partial charge in [-0.3, -0.25) is 0 Å². The molecule has 2 nitrogen and oxygen atoms in total. The van der Waals surface area contributed by atoms with Crippen molar-refractivity contribution < 1.29 is 0 Å². The van der Waals surface area contributed by atoms with Crippen LogP contribution in [0.25, 0.3) is 10.9 Å². The smallest absolute Gasteiger partial charge is 0.0491 e. The Hall–Kier alpha value is -1.48. The molecule has 0 aliphatic heterocycles. The van der Waals surface area contributed by atoms with Gasteiger partial charge < -0.3 is 9.88 Å². The number of hydrogen-bond acceptors (Lipinski definition) is 1. The van der Waals surface area contributed by atoms with Gasteiger partial charge in [0.2, 0.25) is 0 Å². The van der Waals surface area contributed by atoms with Gasteiger partial charge in [-0.05, 0) is 42.7 Å². The molecule has 24 heavy (non-hydrogen) atoms. The monoisotopic (exact) mass is 360 g/mol. The zero-order valence-electron chi connectivity index (χ0n) is 14.0. The summed E-state index contributed by atoms with van der Waals surface area (Å²) in [4.78, 5) is 0.